The molecule has 0 unspecified atom stereocenters. The molecule has 4 rings (SSSR count). The first-order valence-corrected chi connectivity index (χ1v) is 8.50. The Morgan fingerprint density at radius 2 is 2.00 bits per heavy atom. The maximum Gasteiger partial charge on any atom is 0.246 e. The molecule has 2 aromatic carbocycles. The number of hydrogen-bond acceptors (Lipinski definition) is 5. The fourth-order valence-corrected chi connectivity index (χ4v) is 3.12. The van der Waals surface area contributed by atoms with Crippen LogP contribution in [-0.4, -0.2) is 44.7 Å². The maximum atomic E-state index is 12.6. The second-order valence-electron chi connectivity index (χ2n) is 6.21. The van der Waals surface area contributed by atoms with Gasteiger partial charge in [0.05, 0.1) is 7.11 Å². The monoisotopic (exact) mass is 349 g/mol. The van der Waals surface area contributed by atoms with Crippen LogP contribution in [-0.2, 0) is 24.3 Å². The van der Waals surface area contributed by atoms with E-state index >= 15 is 0 Å². The van der Waals surface area contributed by atoms with Crippen molar-refractivity contribution in [3.8, 4) is 17.1 Å². The summed E-state index contributed by atoms with van der Waals surface area (Å²) in [6.45, 7) is 1.43. The summed E-state index contributed by atoms with van der Waals surface area (Å²) in [7, 11) is 1.61. The van der Waals surface area contributed by atoms with Crippen molar-refractivity contribution in [3.63, 3.8) is 0 Å². The van der Waals surface area contributed by atoms with Crippen LogP contribution < -0.4 is 4.74 Å². The molecule has 3 aromatic rings. The largest absolute Gasteiger partial charge is 0.497 e. The molecule has 7 nitrogen and oxygen atoms in total. The number of tetrazole rings is 1. The minimum absolute atomic E-state index is 0.00547. The lowest BCUT2D eigenvalue weighted by Crippen LogP contribution is -2.38. The van der Waals surface area contributed by atoms with Crippen molar-refractivity contribution < 1.29 is 9.53 Å². The summed E-state index contributed by atoms with van der Waals surface area (Å²) in [6.07, 6.45) is 0.877. The van der Waals surface area contributed by atoms with Gasteiger partial charge < -0.3 is 9.64 Å². The zero-order chi connectivity index (χ0) is 17.9. The van der Waals surface area contributed by atoms with Gasteiger partial charge in [0, 0.05) is 18.7 Å². The standard InChI is InChI=1S/C19H19N5O2/c1-26-17-8-4-7-15(11-17)19-20-22-24(21-19)13-18(25)23-10-9-14-5-2-3-6-16(14)12-23/h2-8,11H,9-10,12-13H2,1H3. The number of amides is 1. The Morgan fingerprint density at radius 3 is 2.85 bits per heavy atom. The van der Waals surface area contributed by atoms with Crippen LogP contribution in [0.3, 0.4) is 0 Å². The van der Waals surface area contributed by atoms with Crippen molar-refractivity contribution >= 4 is 5.91 Å². The van der Waals surface area contributed by atoms with Crippen molar-refractivity contribution in [3.05, 3.63) is 59.7 Å². The Bertz CT molecular complexity index is 937. The number of nitrogens with zero attached hydrogens (tertiary/aromatic N) is 5. The first kappa shape index (κ1) is 16.3. The molecule has 7 heteroatoms. The molecule has 1 amide bonds. The fourth-order valence-electron chi connectivity index (χ4n) is 3.12. The number of ether oxygens (including phenoxy) is 1. The van der Waals surface area contributed by atoms with Crippen molar-refractivity contribution in [1.29, 1.82) is 0 Å². The van der Waals surface area contributed by atoms with Crippen LogP contribution >= 0.6 is 0 Å². The van der Waals surface area contributed by atoms with Crippen LogP contribution in [0.5, 0.6) is 5.75 Å². The van der Waals surface area contributed by atoms with Gasteiger partial charge >= 0.3 is 0 Å². The van der Waals surface area contributed by atoms with E-state index in [1.807, 2.05) is 41.3 Å². The van der Waals surface area contributed by atoms with E-state index < -0.39 is 0 Å². The van der Waals surface area contributed by atoms with Gasteiger partial charge in [0.1, 0.15) is 12.3 Å². The van der Waals surface area contributed by atoms with Crippen LogP contribution in [0.15, 0.2) is 48.5 Å². The lowest BCUT2D eigenvalue weighted by atomic mass is 10.00. The number of carbonyl (C=O) groups is 1. The summed E-state index contributed by atoms with van der Waals surface area (Å²) >= 11 is 0. The second kappa shape index (κ2) is 6.95. The van der Waals surface area contributed by atoms with Crippen LogP contribution in [0.25, 0.3) is 11.4 Å². The Labute approximate surface area is 151 Å². The Kier molecular flexibility index (Phi) is 4.35. The van der Waals surface area contributed by atoms with Gasteiger partial charge in [-0.05, 0) is 34.9 Å². The normalized spacial score (nSPS) is 13.3. The molecule has 1 aliphatic heterocycles. The molecule has 0 fully saturated rings. The Morgan fingerprint density at radius 1 is 1.15 bits per heavy atom. The molecule has 0 spiro atoms. The first-order valence-electron chi connectivity index (χ1n) is 8.50. The van der Waals surface area contributed by atoms with E-state index in [9.17, 15) is 4.79 Å². The molecule has 0 atom stereocenters. The molecule has 0 N–H and O–H groups in total. The number of fused-ring (bicyclic) bond motifs is 1. The third kappa shape index (κ3) is 3.28. The zero-order valence-electron chi connectivity index (χ0n) is 14.5. The van der Waals surface area contributed by atoms with E-state index in [4.69, 9.17) is 4.74 Å². The average Bonchev–Trinajstić information content (AvgIpc) is 3.16. The molecular formula is C19H19N5O2. The quantitative estimate of drug-likeness (QED) is 0.720. The highest BCUT2D eigenvalue weighted by atomic mass is 16.5. The molecular weight excluding hydrogens is 330 g/mol. The molecule has 0 aliphatic carbocycles. The molecule has 0 bridgehead atoms. The van der Waals surface area contributed by atoms with Gasteiger partial charge in [0.25, 0.3) is 0 Å². The molecule has 0 saturated carbocycles. The number of methoxy groups -OCH3 is 1. The molecule has 2 heterocycles. The Hall–Kier alpha value is -3.22. The highest BCUT2D eigenvalue weighted by Crippen LogP contribution is 2.20. The van der Waals surface area contributed by atoms with E-state index in [1.54, 1.807) is 7.11 Å². The lowest BCUT2D eigenvalue weighted by Gasteiger charge is -2.28. The topological polar surface area (TPSA) is 73.1 Å². The van der Waals surface area contributed by atoms with Gasteiger partial charge in [-0.15, -0.1) is 10.2 Å². The van der Waals surface area contributed by atoms with Crippen molar-refractivity contribution in [2.75, 3.05) is 13.7 Å². The molecule has 132 valence electrons. The van der Waals surface area contributed by atoms with Crippen LogP contribution in [0, 0.1) is 0 Å². The first-order chi connectivity index (χ1) is 12.7. The third-order valence-electron chi connectivity index (χ3n) is 4.54. The predicted octanol–water partition coefficient (Wildman–Crippen LogP) is 1.93. The summed E-state index contributed by atoms with van der Waals surface area (Å²) in [5.74, 6) is 1.19. The van der Waals surface area contributed by atoms with E-state index in [0.717, 1.165) is 17.7 Å². The summed E-state index contributed by atoms with van der Waals surface area (Å²) in [6, 6.07) is 15.7. The van der Waals surface area contributed by atoms with Crippen LogP contribution in [0.2, 0.25) is 0 Å². The van der Waals surface area contributed by atoms with Crippen molar-refractivity contribution in [2.24, 2.45) is 0 Å². The fraction of sp³-hybridized carbons (Fsp3) is 0.263. The summed E-state index contributed by atoms with van der Waals surface area (Å²) < 4.78 is 5.21. The van der Waals surface area contributed by atoms with Gasteiger partial charge in [0.2, 0.25) is 11.7 Å². The highest BCUT2D eigenvalue weighted by molar-refractivity contribution is 5.76. The van der Waals surface area contributed by atoms with Gasteiger partial charge in [-0.2, -0.15) is 4.80 Å². The van der Waals surface area contributed by atoms with E-state index in [-0.39, 0.29) is 12.5 Å². The molecule has 0 saturated heterocycles. The van der Waals surface area contributed by atoms with Gasteiger partial charge in [-0.25, -0.2) is 0 Å². The van der Waals surface area contributed by atoms with E-state index in [1.165, 1.54) is 15.9 Å². The number of rotatable bonds is 4. The number of carbonyl (C=O) groups excluding carboxylic acids is 1. The van der Waals surface area contributed by atoms with Crippen LogP contribution in [0.1, 0.15) is 11.1 Å². The SMILES string of the molecule is COc1cccc(-c2nnn(CC(=O)N3CCc4ccccc4C3)n2)c1. The molecule has 1 aliphatic rings. The average molecular weight is 349 g/mol. The third-order valence-corrected chi connectivity index (χ3v) is 4.54. The van der Waals surface area contributed by atoms with Gasteiger partial charge in [-0.3, -0.25) is 4.79 Å². The Balaban J connectivity index is 1.45. The minimum Gasteiger partial charge on any atom is -0.497 e. The van der Waals surface area contributed by atoms with Crippen molar-refractivity contribution in [2.45, 2.75) is 19.5 Å². The lowest BCUT2D eigenvalue weighted by molar-refractivity contribution is -0.133. The number of hydrogen-bond donors (Lipinski definition) is 0. The summed E-state index contributed by atoms with van der Waals surface area (Å²) in [4.78, 5) is 15.8. The van der Waals surface area contributed by atoms with E-state index in [0.29, 0.717) is 18.9 Å². The van der Waals surface area contributed by atoms with Crippen molar-refractivity contribution in [1.82, 2.24) is 25.1 Å². The molecule has 26 heavy (non-hydrogen) atoms. The number of benzene rings is 2. The number of aromatic nitrogens is 4. The summed E-state index contributed by atoms with van der Waals surface area (Å²) in [5.41, 5.74) is 3.32. The van der Waals surface area contributed by atoms with Gasteiger partial charge in [-0.1, -0.05) is 36.4 Å². The highest BCUT2D eigenvalue weighted by Gasteiger charge is 2.21. The zero-order valence-corrected chi connectivity index (χ0v) is 14.5. The summed E-state index contributed by atoms with van der Waals surface area (Å²) in [5, 5.41) is 12.4. The van der Waals surface area contributed by atoms with Crippen LogP contribution in [0.4, 0.5) is 0 Å². The minimum atomic E-state index is -0.00547. The molecule has 1 aromatic heterocycles. The maximum absolute atomic E-state index is 12.6. The second-order valence-corrected chi connectivity index (χ2v) is 6.21. The van der Waals surface area contributed by atoms with E-state index in [2.05, 4.69) is 27.5 Å². The predicted molar refractivity (Wildman–Crippen MR) is 95.4 cm³/mol. The smallest absolute Gasteiger partial charge is 0.246 e. The van der Waals surface area contributed by atoms with Gasteiger partial charge in [0.15, 0.2) is 0 Å². The molecule has 0 radical (unpaired) electrons.